The lowest BCUT2D eigenvalue weighted by Crippen LogP contribution is -2.41. The number of allylic oxidation sites excluding steroid dienone is 2. The summed E-state index contributed by atoms with van der Waals surface area (Å²) in [5, 5.41) is 0. The van der Waals surface area contributed by atoms with E-state index in [9.17, 15) is 14.0 Å². The van der Waals surface area contributed by atoms with E-state index in [2.05, 4.69) is 16.9 Å². The maximum absolute atomic E-state index is 13.0. The molecule has 2 amide bonds. The quantitative estimate of drug-likeness (QED) is 0.657. The summed E-state index contributed by atoms with van der Waals surface area (Å²) < 4.78 is 13.0. The van der Waals surface area contributed by atoms with Gasteiger partial charge < -0.3 is 0 Å². The lowest BCUT2D eigenvalue weighted by Gasteiger charge is -2.09. The Morgan fingerprint density at radius 2 is 1.92 bits per heavy atom. The zero-order valence-electron chi connectivity index (χ0n) is 12.9. The van der Waals surface area contributed by atoms with Crippen molar-refractivity contribution in [2.45, 2.75) is 19.3 Å². The van der Waals surface area contributed by atoms with E-state index in [1.807, 2.05) is 6.08 Å². The van der Waals surface area contributed by atoms with Gasteiger partial charge in [0.25, 0.3) is 5.91 Å². The second-order valence-corrected chi connectivity index (χ2v) is 6.73. The van der Waals surface area contributed by atoms with Crippen molar-refractivity contribution in [2.75, 3.05) is 0 Å². The molecule has 1 atom stereocenters. The van der Waals surface area contributed by atoms with E-state index < -0.39 is 0 Å². The SMILES string of the molecule is O=C(C[C@H]1C=CCC1)NNC(=O)c1ccc(-c2ccc(F)cc2)s1. The molecular weight excluding hydrogens is 327 g/mol. The molecular formula is C18H17FN2O2S. The Hall–Kier alpha value is -2.47. The molecule has 124 valence electrons. The molecule has 24 heavy (non-hydrogen) atoms. The zero-order valence-corrected chi connectivity index (χ0v) is 13.7. The fraction of sp³-hybridized carbons (Fsp3) is 0.222. The molecule has 0 spiro atoms. The van der Waals surface area contributed by atoms with Crippen molar-refractivity contribution in [1.29, 1.82) is 0 Å². The average Bonchev–Trinajstić information content (AvgIpc) is 3.25. The number of halogens is 1. The third-order valence-electron chi connectivity index (χ3n) is 3.83. The lowest BCUT2D eigenvalue weighted by atomic mass is 10.1. The number of benzene rings is 1. The second kappa shape index (κ2) is 7.40. The minimum absolute atomic E-state index is 0.199. The molecule has 0 unspecified atom stereocenters. The van der Waals surface area contributed by atoms with Crippen LogP contribution in [0.2, 0.25) is 0 Å². The molecule has 4 nitrogen and oxygen atoms in total. The molecule has 0 bridgehead atoms. The summed E-state index contributed by atoms with van der Waals surface area (Å²) in [6.45, 7) is 0. The lowest BCUT2D eigenvalue weighted by molar-refractivity contribution is -0.122. The standard InChI is InChI=1S/C18H17FN2O2S/c19-14-7-5-13(6-8-14)15-9-10-16(24-15)18(23)21-20-17(22)11-12-3-1-2-4-12/h1,3,5-10,12H,2,4,11H2,(H,20,22)(H,21,23)/t12-/m0/s1. The van der Waals surface area contributed by atoms with E-state index in [0.29, 0.717) is 11.3 Å². The van der Waals surface area contributed by atoms with Gasteiger partial charge in [0.05, 0.1) is 4.88 Å². The molecule has 0 saturated carbocycles. The van der Waals surface area contributed by atoms with Crippen molar-refractivity contribution < 1.29 is 14.0 Å². The Bertz CT molecular complexity index is 768. The number of nitrogens with one attached hydrogen (secondary N) is 2. The molecule has 3 rings (SSSR count). The summed E-state index contributed by atoms with van der Waals surface area (Å²) >= 11 is 1.29. The molecule has 2 N–H and O–H groups in total. The molecule has 0 radical (unpaired) electrons. The van der Waals surface area contributed by atoms with Gasteiger partial charge in [-0.05, 0) is 48.6 Å². The van der Waals surface area contributed by atoms with Crippen LogP contribution >= 0.6 is 11.3 Å². The largest absolute Gasteiger partial charge is 0.279 e. The van der Waals surface area contributed by atoms with Gasteiger partial charge >= 0.3 is 0 Å². The van der Waals surface area contributed by atoms with Crippen LogP contribution in [-0.4, -0.2) is 11.8 Å². The summed E-state index contributed by atoms with van der Waals surface area (Å²) in [4.78, 5) is 25.2. The van der Waals surface area contributed by atoms with Gasteiger partial charge in [-0.25, -0.2) is 4.39 Å². The Labute approximate surface area is 143 Å². The minimum Gasteiger partial charge on any atom is -0.273 e. The van der Waals surface area contributed by atoms with Crippen LogP contribution in [0.15, 0.2) is 48.6 Å². The van der Waals surface area contributed by atoms with Gasteiger partial charge in [0, 0.05) is 11.3 Å². The molecule has 0 fully saturated rings. The van der Waals surface area contributed by atoms with Crippen LogP contribution in [0, 0.1) is 11.7 Å². The summed E-state index contributed by atoms with van der Waals surface area (Å²) in [5.74, 6) is -0.597. The normalized spacial score (nSPS) is 16.1. The predicted octanol–water partition coefficient (Wildman–Crippen LogP) is 3.67. The van der Waals surface area contributed by atoms with Crippen LogP contribution in [-0.2, 0) is 4.79 Å². The van der Waals surface area contributed by atoms with Gasteiger partial charge in [-0.3, -0.25) is 20.4 Å². The first-order valence-electron chi connectivity index (χ1n) is 7.73. The highest BCUT2D eigenvalue weighted by Gasteiger charge is 2.15. The number of hydrogen-bond donors (Lipinski definition) is 2. The Morgan fingerprint density at radius 1 is 1.12 bits per heavy atom. The number of hydrogen-bond acceptors (Lipinski definition) is 3. The molecule has 1 aromatic heterocycles. The van der Waals surface area contributed by atoms with Crippen molar-refractivity contribution in [3.63, 3.8) is 0 Å². The topological polar surface area (TPSA) is 58.2 Å². The van der Waals surface area contributed by atoms with Crippen LogP contribution in [0.3, 0.4) is 0 Å². The van der Waals surface area contributed by atoms with Crippen LogP contribution in [0.5, 0.6) is 0 Å². The number of amides is 2. The first-order valence-corrected chi connectivity index (χ1v) is 8.55. The third-order valence-corrected chi connectivity index (χ3v) is 4.97. The molecule has 1 heterocycles. The zero-order chi connectivity index (χ0) is 16.9. The second-order valence-electron chi connectivity index (χ2n) is 5.64. The van der Waals surface area contributed by atoms with Crippen LogP contribution in [0.4, 0.5) is 4.39 Å². The Balaban J connectivity index is 1.54. The van der Waals surface area contributed by atoms with Crippen molar-refractivity contribution in [1.82, 2.24) is 10.9 Å². The highest BCUT2D eigenvalue weighted by atomic mass is 32.1. The maximum Gasteiger partial charge on any atom is 0.279 e. The molecule has 6 heteroatoms. The highest BCUT2D eigenvalue weighted by molar-refractivity contribution is 7.17. The van der Waals surface area contributed by atoms with Gasteiger partial charge in [0.15, 0.2) is 0 Å². The smallest absolute Gasteiger partial charge is 0.273 e. The van der Waals surface area contributed by atoms with E-state index >= 15 is 0 Å². The minimum atomic E-state index is -0.358. The van der Waals surface area contributed by atoms with Crippen molar-refractivity contribution >= 4 is 23.2 Å². The highest BCUT2D eigenvalue weighted by Crippen LogP contribution is 2.28. The molecule has 0 saturated heterocycles. The van der Waals surface area contributed by atoms with Gasteiger partial charge in [0.1, 0.15) is 5.82 Å². The van der Waals surface area contributed by atoms with Gasteiger partial charge in [-0.2, -0.15) is 0 Å². The van der Waals surface area contributed by atoms with E-state index in [-0.39, 0.29) is 23.5 Å². The van der Waals surface area contributed by atoms with Crippen molar-refractivity contribution in [3.8, 4) is 10.4 Å². The number of rotatable bonds is 4. The van der Waals surface area contributed by atoms with E-state index in [1.54, 1.807) is 24.3 Å². The first kappa shape index (κ1) is 16.4. The summed E-state index contributed by atoms with van der Waals surface area (Å²) in [7, 11) is 0. The average molecular weight is 344 g/mol. The van der Waals surface area contributed by atoms with Gasteiger partial charge in [0.2, 0.25) is 5.91 Å². The van der Waals surface area contributed by atoms with Gasteiger partial charge in [-0.1, -0.05) is 24.3 Å². The fourth-order valence-corrected chi connectivity index (χ4v) is 3.48. The van der Waals surface area contributed by atoms with Crippen molar-refractivity contribution in [3.05, 3.63) is 59.2 Å². The molecule has 2 aromatic rings. The Morgan fingerprint density at radius 3 is 2.62 bits per heavy atom. The molecule has 1 aromatic carbocycles. The molecule has 1 aliphatic carbocycles. The number of carbonyl (C=O) groups is 2. The van der Waals surface area contributed by atoms with E-state index in [1.165, 1.54) is 23.5 Å². The van der Waals surface area contributed by atoms with Crippen LogP contribution < -0.4 is 10.9 Å². The fourth-order valence-electron chi connectivity index (χ4n) is 2.57. The maximum atomic E-state index is 13.0. The third kappa shape index (κ3) is 4.08. The van der Waals surface area contributed by atoms with Crippen LogP contribution in [0.1, 0.15) is 28.9 Å². The summed E-state index contributed by atoms with van der Waals surface area (Å²) in [5.41, 5.74) is 5.73. The van der Waals surface area contributed by atoms with E-state index in [0.717, 1.165) is 23.3 Å². The van der Waals surface area contributed by atoms with E-state index in [4.69, 9.17) is 0 Å². The van der Waals surface area contributed by atoms with Crippen molar-refractivity contribution in [2.24, 2.45) is 5.92 Å². The molecule has 1 aliphatic rings. The first-order chi connectivity index (χ1) is 11.6. The summed E-state index contributed by atoms with van der Waals surface area (Å²) in [6, 6.07) is 9.58. The number of thiophene rings is 1. The molecule has 0 aliphatic heterocycles. The number of hydrazine groups is 1. The monoisotopic (exact) mass is 344 g/mol. The summed E-state index contributed by atoms with van der Waals surface area (Å²) in [6.07, 6.45) is 6.47. The van der Waals surface area contributed by atoms with Crippen LogP contribution in [0.25, 0.3) is 10.4 Å². The Kier molecular flexibility index (Phi) is 5.05. The van der Waals surface area contributed by atoms with Gasteiger partial charge in [-0.15, -0.1) is 11.3 Å². The number of carbonyl (C=O) groups excluding carboxylic acids is 2. The predicted molar refractivity (Wildman–Crippen MR) is 91.8 cm³/mol.